The molecule has 2 aromatic heterocycles. The number of nitrogens with zero attached hydrogens (tertiary/aromatic N) is 1. The minimum absolute atomic E-state index is 0.252. The monoisotopic (exact) mass is 300 g/mol. The minimum atomic E-state index is -0.258. The summed E-state index contributed by atoms with van der Waals surface area (Å²) in [6.45, 7) is 1.83. The SMILES string of the molecule is Cc1cc(-c2csc(NC(=O)c3ccoc3)n2)ccc1O. The zero-order chi connectivity index (χ0) is 14.8. The molecule has 3 rings (SSSR count). The number of phenolic OH excluding ortho intramolecular Hbond substituents is 1. The van der Waals surface area contributed by atoms with Gasteiger partial charge < -0.3 is 9.52 Å². The molecule has 0 aliphatic heterocycles. The van der Waals surface area contributed by atoms with Gasteiger partial charge in [0.15, 0.2) is 5.13 Å². The van der Waals surface area contributed by atoms with Crippen molar-refractivity contribution < 1.29 is 14.3 Å². The first-order valence-corrected chi connectivity index (χ1v) is 7.10. The van der Waals surface area contributed by atoms with Crippen molar-refractivity contribution in [3.8, 4) is 17.0 Å². The van der Waals surface area contributed by atoms with Crippen molar-refractivity contribution in [2.45, 2.75) is 6.92 Å². The average Bonchev–Trinajstić information content (AvgIpc) is 3.12. The molecule has 6 heteroatoms. The Hall–Kier alpha value is -2.60. The number of furan rings is 1. The van der Waals surface area contributed by atoms with Gasteiger partial charge in [-0.25, -0.2) is 4.98 Å². The van der Waals surface area contributed by atoms with E-state index in [1.807, 2.05) is 18.4 Å². The van der Waals surface area contributed by atoms with Crippen LogP contribution in [0.5, 0.6) is 5.75 Å². The summed E-state index contributed by atoms with van der Waals surface area (Å²) in [7, 11) is 0. The lowest BCUT2D eigenvalue weighted by Crippen LogP contribution is -2.10. The van der Waals surface area contributed by atoms with Crippen molar-refractivity contribution in [2.24, 2.45) is 0 Å². The van der Waals surface area contributed by atoms with Gasteiger partial charge in [-0.1, -0.05) is 0 Å². The normalized spacial score (nSPS) is 10.5. The number of thiazole rings is 1. The van der Waals surface area contributed by atoms with E-state index in [0.29, 0.717) is 10.7 Å². The highest BCUT2D eigenvalue weighted by atomic mass is 32.1. The van der Waals surface area contributed by atoms with Crippen molar-refractivity contribution >= 4 is 22.4 Å². The molecule has 0 radical (unpaired) electrons. The van der Waals surface area contributed by atoms with Gasteiger partial charge in [0.1, 0.15) is 12.0 Å². The highest BCUT2D eigenvalue weighted by Gasteiger charge is 2.11. The summed E-state index contributed by atoms with van der Waals surface area (Å²) in [6.07, 6.45) is 2.83. The Morgan fingerprint density at radius 3 is 2.95 bits per heavy atom. The molecule has 0 aliphatic carbocycles. The molecule has 0 saturated carbocycles. The molecule has 2 heterocycles. The summed E-state index contributed by atoms with van der Waals surface area (Å²) in [5, 5.41) is 14.6. The number of rotatable bonds is 3. The molecule has 0 unspecified atom stereocenters. The summed E-state index contributed by atoms with van der Waals surface area (Å²) in [4.78, 5) is 16.3. The number of aromatic hydroxyl groups is 1. The van der Waals surface area contributed by atoms with Crippen LogP contribution in [0, 0.1) is 6.92 Å². The molecule has 21 heavy (non-hydrogen) atoms. The molecule has 1 amide bonds. The van der Waals surface area contributed by atoms with E-state index in [4.69, 9.17) is 4.42 Å². The zero-order valence-corrected chi connectivity index (χ0v) is 12.0. The molecule has 2 N–H and O–H groups in total. The van der Waals surface area contributed by atoms with Gasteiger partial charge in [-0.2, -0.15) is 0 Å². The van der Waals surface area contributed by atoms with Crippen LogP contribution in [0.3, 0.4) is 0 Å². The topological polar surface area (TPSA) is 75.4 Å². The van der Waals surface area contributed by atoms with E-state index in [1.165, 1.54) is 23.9 Å². The lowest BCUT2D eigenvalue weighted by Gasteiger charge is -2.01. The van der Waals surface area contributed by atoms with Crippen LogP contribution in [0.4, 0.5) is 5.13 Å². The fourth-order valence-corrected chi connectivity index (χ4v) is 2.56. The summed E-state index contributed by atoms with van der Waals surface area (Å²) < 4.78 is 4.87. The van der Waals surface area contributed by atoms with E-state index in [9.17, 15) is 9.90 Å². The van der Waals surface area contributed by atoms with E-state index < -0.39 is 0 Å². The molecule has 0 spiro atoms. The molecule has 3 aromatic rings. The van der Waals surface area contributed by atoms with Crippen LogP contribution in [0.25, 0.3) is 11.3 Å². The van der Waals surface area contributed by atoms with Gasteiger partial charge >= 0.3 is 0 Å². The molecule has 0 fully saturated rings. The number of amides is 1. The number of benzene rings is 1. The summed E-state index contributed by atoms with van der Waals surface area (Å²) >= 11 is 1.34. The number of nitrogens with one attached hydrogen (secondary N) is 1. The molecule has 106 valence electrons. The number of hydrogen-bond donors (Lipinski definition) is 2. The van der Waals surface area contributed by atoms with Gasteiger partial charge in [-0.15, -0.1) is 11.3 Å². The fraction of sp³-hybridized carbons (Fsp3) is 0.0667. The number of carbonyl (C=O) groups is 1. The second-order valence-electron chi connectivity index (χ2n) is 4.51. The highest BCUT2D eigenvalue weighted by Crippen LogP contribution is 2.28. The standard InChI is InChI=1S/C15H12N2O3S/c1-9-6-10(2-3-13(9)18)12-8-21-15(16-12)17-14(19)11-4-5-20-7-11/h2-8,18H,1H3,(H,16,17,19). The molecular formula is C15H12N2O3S. The Kier molecular flexibility index (Phi) is 3.45. The van der Waals surface area contributed by atoms with E-state index in [0.717, 1.165) is 16.8 Å². The van der Waals surface area contributed by atoms with E-state index in [1.54, 1.807) is 18.2 Å². The first kappa shape index (κ1) is 13.4. The quantitative estimate of drug-likeness (QED) is 0.774. The van der Waals surface area contributed by atoms with Crippen LogP contribution in [-0.4, -0.2) is 16.0 Å². The van der Waals surface area contributed by atoms with Crippen LogP contribution >= 0.6 is 11.3 Å². The molecule has 0 atom stereocenters. The summed E-state index contributed by atoms with van der Waals surface area (Å²) in [5.74, 6) is -0.00556. The van der Waals surface area contributed by atoms with Crippen molar-refractivity contribution in [3.63, 3.8) is 0 Å². The van der Waals surface area contributed by atoms with Crippen molar-refractivity contribution in [2.75, 3.05) is 5.32 Å². The Morgan fingerprint density at radius 1 is 1.38 bits per heavy atom. The maximum Gasteiger partial charge on any atom is 0.260 e. The number of aromatic nitrogens is 1. The van der Waals surface area contributed by atoms with Gasteiger partial charge in [0, 0.05) is 10.9 Å². The Bertz CT molecular complexity index is 778. The van der Waals surface area contributed by atoms with Crippen LogP contribution in [0.2, 0.25) is 0 Å². The number of aryl methyl sites for hydroxylation is 1. The summed E-state index contributed by atoms with van der Waals surface area (Å²) in [5.41, 5.74) is 2.88. The third-order valence-corrected chi connectivity index (χ3v) is 3.76. The predicted molar refractivity (Wildman–Crippen MR) is 80.6 cm³/mol. The van der Waals surface area contributed by atoms with Crippen molar-refractivity contribution in [1.29, 1.82) is 0 Å². The van der Waals surface area contributed by atoms with Crippen molar-refractivity contribution in [1.82, 2.24) is 4.98 Å². The fourth-order valence-electron chi connectivity index (χ4n) is 1.84. The molecule has 5 nitrogen and oxygen atoms in total. The molecule has 0 aliphatic rings. The largest absolute Gasteiger partial charge is 0.508 e. The van der Waals surface area contributed by atoms with Crippen LogP contribution in [0.15, 0.2) is 46.6 Å². The zero-order valence-electron chi connectivity index (χ0n) is 11.2. The third-order valence-electron chi connectivity index (χ3n) is 3.00. The van der Waals surface area contributed by atoms with Crippen molar-refractivity contribution in [3.05, 3.63) is 53.3 Å². The van der Waals surface area contributed by atoms with Gasteiger partial charge in [-0.05, 0) is 36.8 Å². The van der Waals surface area contributed by atoms with E-state index >= 15 is 0 Å². The predicted octanol–water partition coefficient (Wildman–Crippen LogP) is 3.67. The first-order chi connectivity index (χ1) is 10.1. The van der Waals surface area contributed by atoms with E-state index in [-0.39, 0.29) is 11.7 Å². The second-order valence-corrected chi connectivity index (χ2v) is 5.36. The van der Waals surface area contributed by atoms with Crippen LogP contribution < -0.4 is 5.32 Å². The average molecular weight is 300 g/mol. The Balaban J connectivity index is 1.80. The smallest absolute Gasteiger partial charge is 0.260 e. The Morgan fingerprint density at radius 2 is 2.24 bits per heavy atom. The van der Waals surface area contributed by atoms with Gasteiger partial charge in [0.2, 0.25) is 0 Å². The van der Waals surface area contributed by atoms with E-state index in [2.05, 4.69) is 10.3 Å². The number of phenols is 1. The van der Waals surface area contributed by atoms with Gasteiger partial charge in [-0.3, -0.25) is 10.1 Å². The number of anilines is 1. The molecule has 1 aromatic carbocycles. The van der Waals surface area contributed by atoms with Crippen LogP contribution in [0.1, 0.15) is 15.9 Å². The first-order valence-electron chi connectivity index (χ1n) is 6.22. The minimum Gasteiger partial charge on any atom is -0.508 e. The molecule has 0 bridgehead atoms. The maximum absolute atomic E-state index is 11.9. The molecule has 0 saturated heterocycles. The third kappa shape index (κ3) is 2.80. The van der Waals surface area contributed by atoms with Crippen LogP contribution in [-0.2, 0) is 0 Å². The van der Waals surface area contributed by atoms with Gasteiger partial charge in [0.05, 0.1) is 17.5 Å². The number of hydrogen-bond acceptors (Lipinski definition) is 5. The second kappa shape index (κ2) is 5.41. The summed E-state index contributed by atoms with van der Waals surface area (Å²) in [6, 6.07) is 6.87. The highest BCUT2D eigenvalue weighted by molar-refractivity contribution is 7.14. The molecular weight excluding hydrogens is 288 g/mol. The Labute approximate surface area is 124 Å². The lowest BCUT2D eigenvalue weighted by atomic mass is 10.1. The lowest BCUT2D eigenvalue weighted by molar-refractivity contribution is 0.102. The number of carbonyl (C=O) groups excluding carboxylic acids is 1. The van der Waals surface area contributed by atoms with Gasteiger partial charge in [0.25, 0.3) is 5.91 Å². The maximum atomic E-state index is 11.9.